The summed E-state index contributed by atoms with van der Waals surface area (Å²) in [5, 5.41) is 14.2. The molecule has 100 valence electrons. The predicted octanol–water partition coefficient (Wildman–Crippen LogP) is 1.73. The van der Waals surface area contributed by atoms with Gasteiger partial charge in [-0.3, -0.25) is 10.1 Å². The van der Waals surface area contributed by atoms with Gasteiger partial charge in [-0.1, -0.05) is 15.9 Å². The van der Waals surface area contributed by atoms with Crippen LogP contribution in [0.2, 0.25) is 0 Å². The van der Waals surface area contributed by atoms with Crippen molar-refractivity contribution in [1.29, 1.82) is 0 Å². The van der Waals surface area contributed by atoms with Crippen LogP contribution >= 0.6 is 15.9 Å². The van der Waals surface area contributed by atoms with Crippen LogP contribution in [0.25, 0.3) is 6.08 Å². The molecule has 0 spiro atoms. The molecule has 0 unspecified atom stereocenters. The number of halogens is 1. The van der Waals surface area contributed by atoms with Crippen molar-refractivity contribution in [2.24, 2.45) is 0 Å². The molecule has 0 bridgehead atoms. The van der Waals surface area contributed by atoms with Gasteiger partial charge in [0.1, 0.15) is 5.70 Å². The van der Waals surface area contributed by atoms with E-state index in [1.807, 2.05) is 0 Å². The Morgan fingerprint density at radius 2 is 2.11 bits per heavy atom. The fourth-order valence-corrected chi connectivity index (χ4v) is 2.02. The highest BCUT2D eigenvalue weighted by atomic mass is 79.9. The van der Waals surface area contributed by atoms with Crippen LogP contribution in [0.5, 0.6) is 11.5 Å². The molecule has 0 aromatic heterocycles. The minimum Gasteiger partial charge on any atom is -0.504 e. The lowest BCUT2D eigenvalue weighted by atomic mass is 10.1. The topological polar surface area (TPSA) is 87.7 Å². The van der Waals surface area contributed by atoms with Crippen molar-refractivity contribution >= 4 is 33.9 Å². The van der Waals surface area contributed by atoms with Gasteiger partial charge < -0.3 is 15.2 Å². The maximum atomic E-state index is 11.4. The van der Waals surface area contributed by atoms with Crippen LogP contribution in [0.1, 0.15) is 12.5 Å². The molecule has 1 aromatic carbocycles. The summed E-state index contributed by atoms with van der Waals surface area (Å²) in [7, 11) is 0. The summed E-state index contributed by atoms with van der Waals surface area (Å²) in [5.74, 6) is -0.194. The van der Waals surface area contributed by atoms with E-state index in [4.69, 9.17) is 4.74 Å². The third kappa shape index (κ3) is 2.87. The number of phenols is 1. The molecule has 7 heteroatoms. The fourth-order valence-electron chi connectivity index (χ4n) is 1.58. The van der Waals surface area contributed by atoms with Crippen LogP contribution in [0.3, 0.4) is 0 Å². The van der Waals surface area contributed by atoms with E-state index in [-0.39, 0.29) is 11.4 Å². The second kappa shape index (κ2) is 5.31. The van der Waals surface area contributed by atoms with Crippen molar-refractivity contribution in [3.05, 3.63) is 27.9 Å². The molecule has 1 heterocycles. The number of rotatable bonds is 3. The molecule has 1 saturated heterocycles. The molecule has 1 aliphatic rings. The van der Waals surface area contributed by atoms with E-state index in [2.05, 4.69) is 26.6 Å². The number of benzene rings is 1. The van der Waals surface area contributed by atoms with Crippen LogP contribution in [-0.4, -0.2) is 23.7 Å². The summed E-state index contributed by atoms with van der Waals surface area (Å²) in [6.07, 6.45) is 1.49. The number of nitrogens with one attached hydrogen (secondary N) is 2. The number of phenolic OH excluding ortho intramolecular Hbond substituents is 1. The van der Waals surface area contributed by atoms with Gasteiger partial charge in [-0.2, -0.15) is 0 Å². The second-order valence-corrected chi connectivity index (χ2v) is 4.60. The van der Waals surface area contributed by atoms with E-state index in [1.54, 1.807) is 13.0 Å². The van der Waals surface area contributed by atoms with Crippen LogP contribution in [0.15, 0.2) is 22.3 Å². The zero-order chi connectivity index (χ0) is 14.0. The van der Waals surface area contributed by atoms with E-state index in [0.29, 0.717) is 22.4 Å². The van der Waals surface area contributed by atoms with Crippen LogP contribution < -0.4 is 15.4 Å². The van der Waals surface area contributed by atoms with Crippen LogP contribution in [0, 0.1) is 0 Å². The molecule has 0 aliphatic carbocycles. The molecule has 0 radical (unpaired) electrons. The summed E-state index contributed by atoms with van der Waals surface area (Å²) in [6, 6.07) is 2.48. The molecule has 3 N–H and O–H groups in total. The number of aromatic hydroxyl groups is 1. The summed E-state index contributed by atoms with van der Waals surface area (Å²) in [4.78, 5) is 22.4. The summed E-state index contributed by atoms with van der Waals surface area (Å²) < 4.78 is 5.84. The highest BCUT2D eigenvalue weighted by Gasteiger charge is 2.23. The Morgan fingerprint density at radius 1 is 1.37 bits per heavy atom. The van der Waals surface area contributed by atoms with Crippen LogP contribution in [0.4, 0.5) is 4.79 Å². The molecule has 0 saturated carbocycles. The van der Waals surface area contributed by atoms with Gasteiger partial charge in [0.2, 0.25) is 0 Å². The Kier molecular flexibility index (Phi) is 3.75. The Labute approximate surface area is 117 Å². The molecule has 1 aliphatic heterocycles. The molecule has 1 aromatic rings. The highest BCUT2D eigenvalue weighted by molar-refractivity contribution is 9.10. The quantitative estimate of drug-likeness (QED) is 0.583. The third-order valence-corrected chi connectivity index (χ3v) is 3.08. The maximum absolute atomic E-state index is 11.4. The minimum atomic E-state index is -0.559. The van der Waals surface area contributed by atoms with Crippen molar-refractivity contribution in [2.75, 3.05) is 6.61 Å². The smallest absolute Gasteiger partial charge is 0.326 e. The Hall–Kier alpha value is -2.02. The lowest BCUT2D eigenvalue weighted by molar-refractivity contribution is -0.115. The first-order valence-electron chi connectivity index (χ1n) is 5.50. The third-order valence-electron chi connectivity index (χ3n) is 2.40. The number of carbonyl (C=O) groups is 2. The van der Waals surface area contributed by atoms with Gasteiger partial charge in [0.05, 0.1) is 6.61 Å². The first kappa shape index (κ1) is 13.4. The average molecular weight is 327 g/mol. The average Bonchev–Trinajstić information content (AvgIpc) is 2.64. The lowest BCUT2D eigenvalue weighted by Gasteiger charge is -2.08. The van der Waals surface area contributed by atoms with Gasteiger partial charge in [-0.25, -0.2) is 4.79 Å². The van der Waals surface area contributed by atoms with Crippen LogP contribution in [-0.2, 0) is 4.79 Å². The molecule has 0 atom stereocenters. The normalized spacial score (nSPS) is 16.4. The summed E-state index contributed by atoms with van der Waals surface area (Å²) in [5.41, 5.74) is 0.743. The number of carbonyl (C=O) groups excluding carboxylic acids is 2. The van der Waals surface area contributed by atoms with E-state index in [1.165, 1.54) is 12.1 Å². The van der Waals surface area contributed by atoms with Crippen molar-refractivity contribution in [3.8, 4) is 11.5 Å². The first-order chi connectivity index (χ1) is 9.01. The second-order valence-electron chi connectivity index (χ2n) is 3.74. The minimum absolute atomic E-state index is 0.00390. The Balaban J connectivity index is 2.39. The number of imide groups is 1. The number of urea groups is 1. The van der Waals surface area contributed by atoms with Crippen molar-refractivity contribution < 1.29 is 19.4 Å². The molecule has 1 fully saturated rings. The summed E-state index contributed by atoms with van der Waals surface area (Å²) in [6.45, 7) is 2.20. The van der Waals surface area contributed by atoms with Gasteiger partial charge in [0, 0.05) is 4.47 Å². The molecular weight excluding hydrogens is 316 g/mol. The molecule has 3 amide bonds. The standard InChI is InChI=1S/C12H11BrN2O4/c1-2-19-10-4-6(7(13)5-9(10)16)3-8-11(17)15-12(18)14-8/h3-5,16H,2H2,1H3,(H2,14,15,17,18)/b8-3-. The monoisotopic (exact) mass is 326 g/mol. The zero-order valence-electron chi connectivity index (χ0n) is 9.99. The largest absolute Gasteiger partial charge is 0.504 e. The van der Waals surface area contributed by atoms with Crippen molar-refractivity contribution in [2.45, 2.75) is 6.92 Å². The fraction of sp³-hybridized carbons (Fsp3) is 0.167. The number of hydrogen-bond acceptors (Lipinski definition) is 4. The van der Waals surface area contributed by atoms with Gasteiger partial charge in [-0.15, -0.1) is 0 Å². The van der Waals surface area contributed by atoms with Crippen molar-refractivity contribution in [1.82, 2.24) is 10.6 Å². The molecule has 19 heavy (non-hydrogen) atoms. The van der Waals surface area contributed by atoms with Gasteiger partial charge >= 0.3 is 6.03 Å². The van der Waals surface area contributed by atoms with Gasteiger partial charge in [0.15, 0.2) is 11.5 Å². The molecule has 6 nitrogen and oxygen atoms in total. The maximum Gasteiger partial charge on any atom is 0.326 e. The number of ether oxygens (including phenoxy) is 1. The first-order valence-corrected chi connectivity index (χ1v) is 6.30. The molecular formula is C12H11BrN2O4. The van der Waals surface area contributed by atoms with Gasteiger partial charge in [-0.05, 0) is 30.7 Å². The Bertz CT molecular complexity index is 583. The lowest BCUT2D eigenvalue weighted by Crippen LogP contribution is -2.22. The van der Waals surface area contributed by atoms with E-state index < -0.39 is 11.9 Å². The van der Waals surface area contributed by atoms with E-state index in [9.17, 15) is 14.7 Å². The SMILES string of the molecule is CCOc1cc(/C=C2\NC(=O)NC2=O)c(Br)cc1O. The van der Waals surface area contributed by atoms with E-state index >= 15 is 0 Å². The molecule has 2 rings (SSSR count). The number of hydrogen-bond donors (Lipinski definition) is 3. The van der Waals surface area contributed by atoms with Crippen molar-refractivity contribution in [3.63, 3.8) is 0 Å². The number of amides is 3. The van der Waals surface area contributed by atoms with Gasteiger partial charge in [0.25, 0.3) is 5.91 Å². The Morgan fingerprint density at radius 3 is 2.68 bits per heavy atom. The zero-order valence-corrected chi connectivity index (χ0v) is 11.6. The highest BCUT2D eigenvalue weighted by Crippen LogP contribution is 2.33. The van der Waals surface area contributed by atoms with E-state index in [0.717, 1.165) is 0 Å². The summed E-state index contributed by atoms with van der Waals surface area (Å²) >= 11 is 3.27. The predicted molar refractivity (Wildman–Crippen MR) is 71.6 cm³/mol.